The van der Waals surface area contributed by atoms with Gasteiger partial charge in [0.1, 0.15) is 5.82 Å². The van der Waals surface area contributed by atoms with Crippen LogP contribution >= 0.6 is 11.8 Å². The summed E-state index contributed by atoms with van der Waals surface area (Å²) in [4.78, 5) is 51.8. The van der Waals surface area contributed by atoms with Gasteiger partial charge < -0.3 is 5.32 Å². The second kappa shape index (κ2) is 11.4. The molecule has 5 aromatic rings. The quantitative estimate of drug-likeness (QED) is 0.151. The molecular weight excluding hydrogens is 550 g/mol. The van der Waals surface area contributed by atoms with Crippen molar-refractivity contribution in [2.75, 3.05) is 17.2 Å². The molecule has 10 heteroatoms. The summed E-state index contributed by atoms with van der Waals surface area (Å²) in [6.45, 7) is 1.86. The molecule has 3 amide bonds. The van der Waals surface area contributed by atoms with Crippen LogP contribution in [0.3, 0.4) is 0 Å². The molecule has 4 aromatic carbocycles. The zero-order valence-electron chi connectivity index (χ0n) is 22.6. The Bertz CT molecular complexity index is 1840. The maximum atomic E-state index is 13.4. The molecule has 1 aliphatic heterocycles. The standard InChI is InChI=1S/C32H25N5O4S/c1-20(38)33-17-16-29-34-35-32(37(29)27-15-7-9-21-8-2-3-12-24(21)27)42-19-28(39)22-10-6-11-23(18-22)36-30(40)25-13-4-5-14-26(25)31(36)41/h2-15,18H,16-17,19H2,1H3,(H,33,38). The van der Waals surface area contributed by atoms with Gasteiger partial charge in [-0.25, -0.2) is 4.90 Å². The predicted octanol–water partition coefficient (Wildman–Crippen LogP) is 4.87. The summed E-state index contributed by atoms with van der Waals surface area (Å²) in [6, 6.07) is 27.2. The average Bonchev–Trinajstić information content (AvgIpc) is 3.52. The Hall–Kier alpha value is -5.09. The molecule has 1 aliphatic rings. The van der Waals surface area contributed by atoms with Gasteiger partial charge in [-0.1, -0.05) is 72.4 Å². The molecule has 6 rings (SSSR count). The Kier molecular flexibility index (Phi) is 7.37. The van der Waals surface area contributed by atoms with Gasteiger partial charge in [0.15, 0.2) is 10.9 Å². The maximum absolute atomic E-state index is 13.4. The third-order valence-electron chi connectivity index (χ3n) is 6.98. The zero-order valence-corrected chi connectivity index (χ0v) is 23.4. The highest BCUT2D eigenvalue weighted by molar-refractivity contribution is 7.99. The van der Waals surface area contributed by atoms with Crippen LogP contribution in [0.2, 0.25) is 0 Å². The number of carbonyl (C=O) groups excluding carboxylic acids is 4. The molecule has 0 atom stereocenters. The van der Waals surface area contributed by atoms with Crippen molar-refractivity contribution < 1.29 is 19.2 Å². The van der Waals surface area contributed by atoms with Gasteiger partial charge in [-0.2, -0.15) is 0 Å². The number of ketones is 1. The zero-order chi connectivity index (χ0) is 29.2. The van der Waals surface area contributed by atoms with Gasteiger partial charge in [0.05, 0.1) is 28.3 Å². The van der Waals surface area contributed by atoms with Crippen LogP contribution in [0.15, 0.2) is 96.2 Å². The van der Waals surface area contributed by atoms with E-state index in [9.17, 15) is 19.2 Å². The number of benzene rings is 4. The number of thioether (sulfide) groups is 1. The Morgan fingerprint density at radius 3 is 2.29 bits per heavy atom. The third-order valence-corrected chi connectivity index (χ3v) is 7.91. The van der Waals surface area contributed by atoms with Gasteiger partial charge in [-0.05, 0) is 35.7 Å². The minimum absolute atomic E-state index is 0.0557. The molecule has 9 nitrogen and oxygen atoms in total. The Morgan fingerprint density at radius 2 is 1.52 bits per heavy atom. The van der Waals surface area contributed by atoms with E-state index in [0.717, 1.165) is 21.4 Å². The van der Waals surface area contributed by atoms with Gasteiger partial charge in [0, 0.05) is 30.8 Å². The van der Waals surface area contributed by atoms with Crippen molar-refractivity contribution in [1.29, 1.82) is 0 Å². The first-order chi connectivity index (χ1) is 20.4. The van der Waals surface area contributed by atoms with E-state index in [4.69, 9.17) is 0 Å². The lowest BCUT2D eigenvalue weighted by molar-refractivity contribution is -0.118. The number of Topliss-reactive ketones (excluding diaryl/α,β-unsaturated/α-hetero) is 1. The van der Waals surface area contributed by atoms with Crippen molar-refractivity contribution in [3.8, 4) is 5.69 Å². The topological polar surface area (TPSA) is 114 Å². The van der Waals surface area contributed by atoms with Crippen molar-refractivity contribution in [3.05, 3.63) is 114 Å². The molecule has 1 N–H and O–H groups in total. The summed E-state index contributed by atoms with van der Waals surface area (Å²) in [7, 11) is 0. The Balaban J connectivity index is 1.26. The molecule has 0 radical (unpaired) electrons. The number of imide groups is 1. The van der Waals surface area contributed by atoms with Crippen molar-refractivity contribution in [2.45, 2.75) is 18.5 Å². The number of nitrogens with zero attached hydrogens (tertiary/aromatic N) is 4. The molecule has 0 saturated heterocycles. The van der Waals surface area contributed by atoms with Crippen LogP contribution in [0.5, 0.6) is 0 Å². The van der Waals surface area contributed by atoms with Crippen molar-refractivity contribution in [3.63, 3.8) is 0 Å². The highest BCUT2D eigenvalue weighted by Crippen LogP contribution is 2.31. The van der Waals surface area contributed by atoms with Crippen LogP contribution < -0.4 is 10.2 Å². The van der Waals surface area contributed by atoms with Gasteiger partial charge >= 0.3 is 0 Å². The number of rotatable bonds is 9. The minimum atomic E-state index is -0.412. The van der Waals surface area contributed by atoms with E-state index >= 15 is 0 Å². The fourth-order valence-electron chi connectivity index (χ4n) is 5.01. The molecule has 0 aliphatic carbocycles. The number of aromatic nitrogens is 3. The van der Waals surface area contributed by atoms with Crippen molar-refractivity contribution in [2.24, 2.45) is 0 Å². The average molecular weight is 576 g/mol. The number of anilines is 1. The van der Waals surface area contributed by atoms with Gasteiger partial charge in [0.2, 0.25) is 5.91 Å². The smallest absolute Gasteiger partial charge is 0.266 e. The van der Waals surface area contributed by atoms with E-state index in [0.29, 0.717) is 46.3 Å². The monoisotopic (exact) mass is 575 g/mol. The molecule has 208 valence electrons. The van der Waals surface area contributed by atoms with Crippen LogP contribution in [0, 0.1) is 0 Å². The van der Waals surface area contributed by atoms with Crippen LogP contribution in [-0.4, -0.2) is 50.6 Å². The lowest BCUT2D eigenvalue weighted by atomic mass is 10.1. The summed E-state index contributed by atoms with van der Waals surface area (Å²) in [6.07, 6.45) is 0.451. The third kappa shape index (κ3) is 5.08. The van der Waals surface area contributed by atoms with Crippen LogP contribution in [-0.2, 0) is 11.2 Å². The van der Waals surface area contributed by atoms with Gasteiger partial charge in [-0.3, -0.25) is 23.7 Å². The summed E-state index contributed by atoms with van der Waals surface area (Å²) in [5.74, 6) is -0.433. The molecule has 42 heavy (non-hydrogen) atoms. The summed E-state index contributed by atoms with van der Waals surface area (Å²) < 4.78 is 1.93. The molecule has 0 saturated carbocycles. The first-order valence-corrected chi connectivity index (χ1v) is 14.3. The van der Waals surface area contributed by atoms with E-state index in [1.54, 1.807) is 48.5 Å². The first-order valence-electron chi connectivity index (χ1n) is 13.3. The lowest BCUT2D eigenvalue weighted by Gasteiger charge is -2.15. The second-order valence-electron chi connectivity index (χ2n) is 9.72. The molecular formula is C32H25N5O4S. The van der Waals surface area contributed by atoms with E-state index in [1.807, 2.05) is 47.0 Å². The lowest BCUT2D eigenvalue weighted by Crippen LogP contribution is -2.29. The Morgan fingerprint density at radius 1 is 0.833 bits per heavy atom. The molecule has 2 heterocycles. The highest BCUT2D eigenvalue weighted by Gasteiger charge is 2.36. The predicted molar refractivity (Wildman–Crippen MR) is 160 cm³/mol. The van der Waals surface area contributed by atoms with Crippen molar-refractivity contribution >= 4 is 51.7 Å². The number of fused-ring (bicyclic) bond motifs is 2. The fraction of sp³-hybridized carbons (Fsp3) is 0.125. The number of hydrogen-bond donors (Lipinski definition) is 1. The minimum Gasteiger partial charge on any atom is -0.356 e. The van der Waals surface area contributed by atoms with E-state index in [2.05, 4.69) is 15.5 Å². The van der Waals surface area contributed by atoms with Crippen LogP contribution in [0.25, 0.3) is 16.5 Å². The molecule has 0 fully saturated rings. The molecule has 1 aromatic heterocycles. The number of carbonyl (C=O) groups is 4. The van der Waals surface area contributed by atoms with Crippen LogP contribution in [0.1, 0.15) is 43.8 Å². The molecule has 0 unspecified atom stereocenters. The SMILES string of the molecule is CC(=O)NCCc1nnc(SCC(=O)c2cccc(N3C(=O)c4ccccc4C3=O)c2)n1-c1cccc2ccccc12. The largest absolute Gasteiger partial charge is 0.356 e. The van der Waals surface area contributed by atoms with Crippen LogP contribution in [0.4, 0.5) is 5.69 Å². The van der Waals surface area contributed by atoms with Gasteiger partial charge in [0.25, 0.3) is 11.8 Å². The highest BCUT2D eigenvalue weighted by atomic mass is 32.2. The maximum Gasteiger partial charge on any atom is 0.266 e. The van der Waals surface area contributed by atoms with E-state index in [1.165, 1.54) is 18.7 Å². The van der Waals surface area contributed by atoms with E-state index in [-0.39, 0.29) is 17.4 Å². The number of amides is 3. The summed E-state index contributed by atoms with van der Waals surface area (Å²) in [5, 5.41) is 14.2. The first kappa shape index (κ1) is 27.1. The number of nitrogens with one attached hydrogen (secondary N) is 1. The molecule has 0 bridgehead atoms. The fourth-order valence-corrected chi connectivity index (χ4v) is 5.87. The summed E-state index contributed by atoms with van der Waals surface area (Å²) in [5.41, 5.74) is 2.28. The summed E-state index contributed by atoms with van der Waals surface area (Å²) >= 11 is 1.25. The number of hydrogen-bond acceptors (Lipinski definition) is 7. The van der Waals surface area contributed by atoms with E-state index < -0.39 is 11.8 Å². The van der Waals surface area contributed by atoms with Crippen molar-refractivity contribution in [1.82, 2.24) is 20.1 Å². The molecule has 0 spiro atoms. The normalized spacial score (nSPS) is 12.5. The Labute approximate surface area is 245 Å². The van der Waals surface area contributed by atoms with Gasteiger partial charge in [-0.15, -0.1) is 10.2 Å². The second-order valence-corrected chi connectivity index (χ2v) is 10.7.